The fourth-order valence-corrected chi connectivity index (χ4v) is 2.73. The molecule has 5 nitrogen and oxygen atoms in total. The number of fused-ring (bicyclic) bond motifs is 1. The molecule has 128 valence electrons. The van der Waals surface area contributed by atoms with Crippen LogP contribution in [0.1, 0.15) is 17.2 Å². The Labute approximate surface area is 148 Å². The third kappa shape index (κ3) is 3.51. The SMILES string of the molecule is COC(=O)C(Oc1cc2oc(=O)cc(C)c2cc1Cl)c1ccccc1. The molecule has 0 saturated carbocycles. The maximum atomic E-state index is 12.1. The van der Waals surface area contributed by atoms with E-state index in [0.717, 1.165) is 5.56 Å². The van der Waals surface area contributed by atoms with E-state index >= 15 is 0 Å². The molecule has 0 saturated heterocycles. The van der Waals surface area contributed by atoms with Gasteiger partial charge in [-0.1, -0.05) is 41.9 Å². The molecular formula is C19H15ClO5. The van der Waals surface area contributed by atoms with E-state index in [1.807, 2.05) is 6.07 Å². The Morgan fingerprint density at radius 1 is 1.16 bits per heavy atom. The molecule has 0 aliphatic heterocycles. The van der Waals surface area contributed by atoms with E-state index in [0.29, 0.717) is 21.6 Å². The molecule has 0 spiro atoms. The van der Waals surface area contributed by atoms with Crippen LogP contribution in [0.4, 0.5) is 0 Å². The third-order valence-electron chi connectivity index (χ3n) is 3.77. The first kappa shape index (κ1) is 17.0. The van der Waals surface area contributed by atoms with Crippen LogP contribution in [0.25, 0.3) is 11.0 Å². The van der Waals surface area contributed by atoms with Crippen LogP contribution in [0.2, 0.25) is 5.02 Å². The van der Waals surface area contributed by atoms with Gasteiger partial charge in [0.2, 0.25) is 6.10 Å². The van der Waals surface area contributed by atoms with Crippen molar-refractivity contribution in [3.8, 4) is 5.75 Å². The number of rotatable bonds is 4. The van der Waals surface area contributed by atoms with Crippen LogP contribution >= 0.6 is 11.6 Å². The number of benzene rings is 2. The average molecular weight is 359 g/mol. The van der Waals surface area contributed by atoms with Gasteiger partial charge in [0.15, 0.2) is 0 Å². The average Bonchev–Trinajstić information content (AvgIpc) is 2.60. The molecule has 25 heavy (non-hydrogen) atoms. The second-order valence-electron chi connectivity index (χ2n) is 5.46. The number of ether oxygens (including phenoxy) is 2. The topological polar surface area (TPSA) is 65.7 Å². The molecular weight excluding hydrogens is 344 g/mol. The van der Waals surface area contributed by atoms with Crippen LogP contribution in [0.5, 0.6) is 5.75 Å². The Hall–Kier alpha value is -2.79. The van der Waals surface area contributed by atoms with Crippen molar-refractivity contribution >= 4 is 28.5 Å². The summed E-state index contributed by atoms with van der Waals surface area (Å²) in [4.78, 5) is 23.7. The highest BCUT2D eigenvalue weighted by atomic mass is 35.5. The van der Waals surface area contributed by atoms with Crippen molar-refractivity contribution < 1.29 is 18.7 Å². The van der Waals surface area contributed by atoms with E-state index in [2.05, 4.69) is 0 Å². The van der Waals surface area contributed by atoms with Gasteiger partial charge in [0.05, 0.1) is 12.1 Å². The number of carbonyl (C=O) groups is 1. The molecule has 0 aliphatic rings. The minimum Gasteiger partial charge on any atom is -0.472 e. The van der Waals surface area contributed by atoms with Crippen molar-refractivity contribution in [3.05, 3.63) is 75.1 Å². The summed E-state index contributed by atoms with van der Waals surface area (Å²) in [5, 5.41) is 1.00. The van der Waals surface area contributed by atoms with E-state index in [4.69, 9.17) is 25.5 Å². The second-order valence-corrected chi connectivity index (χ2v) is 5.87. The Kier molecular flexibility index (Phi) is 4.76. The fourth-order valence-electron chi connectivity index (χ4n) is 2.52. The van der Waals surface area contributed by atoms with E-state index in [1.165, 1.54) is 19.2 Å². The first-order valence-electron chi connectivity index (χ1n) is 7.53. The highest BCUT2D eigenvalue weighted by Crippen LogP contribution is 2.34. The Bertz CT molecular complexity index is 978. The summed E-state index contributed by atoms with van der Waals surface area (Å²) in [6.07, 6.45) is -0.988. The van der Waals surface area contributed by atoms with Crippen molar-refractivity contribution in [2.45, 2.75) is 13.0 Å². The Balaban J connectivity index is 2.06. The van der Waals surface area contributed by atoms with Gasteiger partial charge >= 0.3 is 11.6 Å². The molecule has 1 heterocycles. The molecule has 0 aliphatic carbocycles. The Morgan fingerprint density at radius 3 is 2.56 bits per heavy atom. The van der Waals surface area contributed by atoms with Crippen LogP contribution in [-0.2, 0) is 9.53 Å². The molecule has 0 N–H and O–H groups in total. The van der Waals surface area contributed by atoms with Crippen molar-refractivity contribution in [1.29, 1.82) is 0 Å². The van der Waals surface area contributed by atoms with Gasteiger partial charge in [-0.05, 0) is 18.6 Å². The highest BCUT2D eigenvalue weighted by molar-refractivity contribution is 6.32. The zero-order valence-corrected chi connectivity index (χ0v) is 14.4. The summed E-state index contributed by atoms with van der Waals surface area (Å²) in [6.45, 7) is 1.79. The van der Waals surface area contributed by atoms with E-state index in [1.54, 1.807) is 37.3 Å². The predicted molar refractivity (Wildman–Crippen MR) is 94.1 cm³/mol. The standard InChI is InChI=1S/C19H15ClO5/c1-11-8-17(21)24-15-10-16(14(20)9-13(11)15)25-18(19(22)23-2)12-6-4-3-5-7-12/h3-10,18H,1-2H3. The largest absolute Gasteiger partial charge is 0.472 e. The molecule has 0 bridgehead atoms. The second kappa shape index (κ2) is 6.99. The molecule has 3 aromatic rings. The lowest BCUT2D eigenvalue weighted by Crippen LogP contribution is -2.20. The van der Waals surface area contributed by atoms with Gasteiger partial charge in [-0.3, -0.25) is 0 Å². The van der Waals surface area contributed by atoms with Gasteiger partial charge in [-0.25, -0.2) is 9.59 Å². The number of aryl methyl sites for hydroxylation is 1. The number of halogens is 1. The monoisotopic (exact) mass is 358 g/mol. The van der Waals surface area contributed by atoms with Crippen LogP contribution < -0.4 is 10.4 Å². The lowest BCUT2D eigenvalue weighted by Gasteiger charge is -2.18. The number of hydrogen-bond donors (Lipinski definition) is 0. The van der Waals surface area contributed by atoms with Gasteiger partial charge in [0.1, 0.15) is 11.3 Å². The summed E-state index contributed by atoms with van der Waals surface area (Å²) in [5.74, 6) is -0.338. The smallest absolute Gasteiger partial charge is 0.351 e. The molecule has 0 amide bonds. The molecule has 1 aromatic heterocycles. The maximum Gasteiger partial charge on any atom is 0.351 e. The fraction of sp³-hybridized carbons (Fsp3) is 0.158. The molecule has 3 rings (SSSR count). The summed E-state index contributed by atoms with van der Waals surface area (Å²) >= 11 is 6.30. The van der Waals surface area contributed by atoms with Crippen LogP contribution in [0.3, 0.4) is 0 Å². The van der Waals surface area contributed by atoms with Gasteiger partial charge in [0, 0.05) is 23.1 Å². The minimum atomic E-state index is -0.988. The summed E-state index contributed by atoms with van der Waals surface area (Å²) in [7, 11) is 1.28. The third-order valence-corrected chi connectivity index (χ3v) is 4.06. The van der Waals surface area contributed by atoms with Gasteiger partial charge in [-0.2, -0.15) is 0 Å². The first-order valence-corrected chi connectivity index (χ1v) is 7.91. The van der Waals surface area contributed by atoms with Crippen molar-refractivity contribution in [2.75, 3.05) is 7.11 Å². The lowest BCUT2D eigenvalue weighted by molar-refractivity contribution is -0.149. The molecule has 2 aromatic carbocycles. The Morgan fingerprint density at radius 2 is 1.88 bits per heavy atom. The van der Waals surface area contributed by atoms with Crippen molar-refractivity contribution in [3.63, 3.8) is 0 Å². The normalized spacial score (nSPS) is 12.0. The molecule has 1 atom stereocenters. The van der Waals surface area contributed by atoms with E-state index in [9.17, 15) is 9.59 Å². The van der Waals surface area contributed by atoms with E-state index in [-0.39, 0.29) is 5.75 Å². The van der Waals surface area contributed by atoms with Gasteiger partial charge in [-0.15, -0.1) is 0 Å². The number of hydrogen-bond acceptors (Lipinski definition) is 5. The number of carbonyl (C=O) groups excluding carboxylic acids is 1. The zero-order valence-electron chi connectivity index (χ0n) is 13.6. The quantitative estimate of drug-likeness (QED) is 0.520. The van der Waals surface area contributed by atoms with Crippen molar-refractivity contribution in [2.24, 2.45) is 0 Å². The van der Waals surface area contributed by atoms with Gasteiger partial charge in [0.25, 0.3) is 0 Å². The maximum absolute atomic E-state index is 12.1. The lowest BCUT2D eigenvalue weighted by atomic mass is 10.1. The summed E-state index contributed by atoms with van der Waals surface area (Å²) in [6, 6.07) is 13.5. The van der Waals surface area contributed by atoms with Crippen LogP contribution in [0, 0.1) is 6.92 Å². The van der Waals surface area contributed by atoms with Gasteiger partial charge < -0.3 is 13.9 Å². The minimum absolute atomic E-state index is 0.224. The number of methoxy groups -OCH3 is 1. The molecule has 6 heteroatoms. The van der Waals surface area contributed by atoms with Crippen molar-refractivity contribution in [1.82, 2.24) is 0 Å². The number of esters is 1. The first-order chi connectivity index (χ1) is 12.0. The zero-order chi connectivity index (χ0) is 18.0. The molecule has 0 radical (unpaired) electrons. The van der Waals surface area contributed by atoms with Crippen LogP contribution in [-0.4, -0.2) is 13.1 Å². The highest BCUT2D eigenvalue weighted by Gasteiger charge is 2.25. The molecule has 1 unspecified atom stereocenters. The predicted octanol–water partition coefficient (Wildman–Crippen LogP) is 4.05. The van der Waals surface area contributed by atoms with E-state index < -0.39 is 17.7 Å². The van der Waals surface area contributed by atoms with Crippen LogP contribution in [0.15, 0.2) is 57.7 Å². The summed E-state index contributed by atoms with van der Waals surface area (Å²) < 4.78 is 15.8. The summed E-state index contributed by atoms with van der Waals surface area (Å²) in [5.41, 5.74) is 1.23. The molecule has 0 fully saturated rings.